The van der Waals surface area contributed by atoms with Gasteiger partial charge in [0.2, 0.25) is 5.78 Å². The summed E-state index contributed by atoms with van der Waals surface area (Å²) in [5.74, 6) is 0.639. The smallest absolute Gasteiger partial charge is 0.202 e. The molecule has 0 aliphatic heterocycles. The second kappa shape index (κ2) is 6.35. The van der Waals surface area contributed by atoms with Gasteiger partial charge in [0.05, 0.1) is 0 Å². The normalized spacial score (nSPS) is 11.9. The number of Topliss-reactive ketones (excluding diaryl/α,β-unsaturated/α-hetero) is 1. The van der Waals surface area contributed by atoms with Crippen LogP contribution in [0.4, 0.5) is 0 Å². The summed E-state index contributed by atoms with van der Waals surface area (Å²) in [6, 6.07) is 14.7. The van der Waals surface area contributed by atoms with E-state index in [1.165, 1.54) is 0 Å². The molecule has 0 aliphatic carbocycles. The van der Waals surface area contributed by atoms with E-state index in [1.54, 1.807) is 19.1 Å². The molecule has 0 amide bonds. The number of benzene rings is 2. The largest absolute Gasteiger partial charge is 0.483 e. The van der Waals surface area contributed by atoms with Crippen molar-refractivity contribution in [2.45, 2.75) is 13.0 Å². The minimum atomic E-state index is -0.518. The zero-order valence-corrected chi connectivity index (χ0v) is 13.4. The van der Waals surface area contributed by atoms with Gasteiger partial charge in [0, 0.05) is 14.5 Å². The summed E-state index contributed by atoms with van der Waals surface area (Å²) in [5.41, 5.74) is 0.644. The van der Waals surface area contributed by atoms with Crippen LogP contribution >= 0.6 is 31.9 Å². The number of rotatable bonds is 4. The third-order valence-electron chi connectivity index (χ3n) is 2.61. The average Bonchev–Trinajstić information content (AvgIpc) is 2.39. The molecular formula is C15H12Br2O2. The molecule has 2 nitrogen and oxygen atoms in total. The average molecular weight is 384 g/mol. The van der Waals surface area contributed by atoms with Crippen LogP contribution in [0, 0.1) is 0 Å². The summed E-state index contributed by atoms with van der Waals surface area (Å²) < 4.78 is 7.52. The fraction of sp³-hybridized carbons (Fsp3) is 0.133. The maximum Gasteiger partial charge on any atom is 0.202 e. The first-order valence-electron chi connectivity index (χ1n) is 5.78. The van der Waals surface area contributed by atoms with Gasteiger partial charge in [-0.2, -0.15) is 0 Å². The van der Waals surface area contributed by atoms with Crippen molar-refractivity contribution < 1.29 is 9.53 Å². The van der Waals surface area contributed by atoms with Gasteiger partial charge in [0.15, 0.2) is 6.10 Å². The highest BCUT2D eigenvalue weighted by atomic mass is 79.9. The zero-order chi connectivity index (χ0) is 13.8. The van der Waals surface area contributed by atoms with E-state index < -0.39 is 6.10 Å². The fourth-order valence-corrected chi connectivity index (χ4v) is 2.29. The number of carbonyl (C=O) groups is 1. The van der Waals surface area contributed by atoms with Gasteiger partial charge in [0.25, 0.3) is 0 Å². The summed E-state index contributed by atoms with van der Waals surface area (Å²) in [4.78, 5) is 12.2. The molecule has 0 heterocycles. The third-order valence-corrected chi connectivity index (χ3v) is 3.63. The van der Waals surface area contributed by atoms with Crippen LogP contribution in [-0.4, -0.2) is 11.9 Å². The van der Waals surface area contributed by atoms with Crippen molar-refractivity contribution in [1.29, 1.82) is 0 Å². The molecule has 0 aliphatic rings. The van der Waals surface area contributed by atoms with Crippen molar-refractivity contribution in [3.63, 3.8) is 0 Å². The second-order valence-electron chi connectivity index (χ2n) is 4.09. The predicted octanol–water partition coefficient (Wildman–Crippen LogP) is 4.86. The number of hydrogen-bond acceptors (Lipinski definition) is 2. The summed E-state index contributed by atoms with van der Waals surface area (Å²) >= 11 is 6.72. The first kappa shape index (κ1) is 14.3. The highest BCUT2D eigenvalue weighted by molar-refractivity contribution is 9.10. The van der Waals surface area contributed by atoms with E-state index in [-0.39, 0.29) is 5.78 Å². The number of hydrogen-bond donors (Lipinski definition) is 0. The van der Waals surface area contributed by atoms with Crippen LogP contribution in [0.3, 0.4) is 0 Å². The maximum atomic E-state index is 12.2. The lowest BCUT2D eigenvalue weighted by Crippen LogP contribution is -2.23. The molecule has 0 unspecified atom stereocenters. The number of ketones is 1. The van der Waals surface area contributed by atoms with Crippen molar-refractivity contribution in [1.82, 2.24) is 0 Å². The van der Waals surface area contributed by atoms with Gasteiger partial charge in [0.1, 0.15) is 5.75 Å². The van der Waals surface area contributed by atoms with E-state index >= 15 is 0 Å². The minimum Gasteiger partial charge on any atom is -0.483 e. The zero-order valence-electron chi connectivity index (χ0n) is 10.3. The first-order chi connectivity index (χ1) is 9.06. The van der Waals surface area contributed by atoms with Crippen LogP contribution in [0.2, 0.25) is 0 Å². The van der Waals surface area contributed by atoms with Crippen LogP contribution in [0.1, 0.15) is 17.3 Å². The van der Waals surface area contributed by atoms with Crippen LogP contribution in [-0.2, 0) is 0 Å². The van der Waals surface area contributed by atoms with E-state index in [2.05, 4.69) is 31.9 Å². The molecule has 4 heteroatoms. The molecule has 0 radical (unpaired) electrons. The monoisotopic (exact) mass is 382 g/mol. The predicted molar refractivity (Wildman–Crippen MR) is 82.7 cm³/mol. The van der Waals surface area contributed by atoms with E-state index in [1.807, 2.05) is 36.4 Å². The van der Waals surface area contributed by atoms with Gasteiger partial charge in [-0.1, -0.05) is 50.1 Å². The minimum absolute atomic E-state index is 0.0347. The molecule has 0 spiro atoms. The lowest BCUT2D eigenvalue weighted by Gasteiger charge is -2.14. The van der Waals surface area contributed by atoms with Crippen molar-refractivity contribution in [2.75, 3.05) is 0 Å². The van der Waals surface area contributed by atoms with Gasteiger partial charge in [-0.15, -0.1) is 0 Å². The second-order valence-corrected chi connectivity index (χ2v) is 5.92. The molecule has 19 heavy (non-hydrogen) atoms. The van der Waals surface area contributed by atoms with Crippen LogP contribution in [0.5, 0.6) is 5.75 Å². The van der Waals surface area contributed by atoms with Crippen LogP contribution in [0.15, 0.2) is 57.5 Å². The Morgan fingerprint density at radius 3 is 2.37 bits per heavy atom. The Hall–Kier alpha value is -1.13. The Kier molecular flexibility index (Phi) is 4.77. The highest BCUT2D eigenvalue weighted by Gasteiger charge is 2.16. The maximum absolute atomic E-state index is 12.2. The molecule has 0 aromatic heterocycles. The number of halogens is 2. The standard InChI is InChI=1S/C15H12Br2O2/c1-10(19-14-4-2-3-13(17)9-14)15(18)11-5-7-12(16)8-6-11/h2-10H,1H3/t10-/m0/s1. The van der Waals surface area contributed by atoms with E-state index in [0.717, 1.165) is 8.95 Å². The molecule has 2 aromatic carbocycles. The lowest BCUT2D eigenvalue weighted by molar-refractivity contribution is 0.0818. The SMILES string of the molecule is C[C@H](Oc1cccc(Br)c1)C(=O)c1ccc(Br)cc1. The van der Waals surface area contributed by atoms with Gasteiger partial charge < -0.3 is 4.74 Å². The summed E-state index contributed by atoms with van der Waals surface area (Å²) in [7, 11) is 0. The van der Waals surface area contributed by atoms with Crippen LogP contribution in [0.25, 0.3) is 0 Å². The lowest BCUT2D eigenvalue weighted by atomic mass is 10.1. The molecule has 98 valence electrons. The molecule has 0 N–H and O–H groups in total. The molecule has 0 saturated carbocycles. The fourth-order valence-electron chi connectivity index (χ4n) is 1.65. The molecule has 0 saturated heterocycles. The Labute approximate surface area is 129 Å². The summed E-state index contributed by atoms with van der Waals surface area (Å²) in [6.45, 7) is 1.76. The summed E-state index contributed by atoms with van der Waals surface area (Å²) in [6.07, 6.45) is -0.518. The van der Waals surface area contributed by atoms with Crippen molar-refractivity contribution in [2.24, 2.45) is 0 Å². The molecule has 0 fully saturated rings. The third kappa shape index (κ3) is 3.91. The molecule has 1 atom stereocenters. The molecular weight excluding hydrogens is 372 g/mol. The Morgan fingerprint density at radius 2 is 1.74 bits per heavy atom. The van der Waals surface area contributed by atoms with Crippen molar-refractivity contribution >= 4 is 37.6 Å². The van der Waals surface area contributed by atoms with Crippen molar-refractivity contribution in [3.8, 4) is 5.75 Å². The first-order valence-corrected chi connectivity index (χ1v) is 7.37. The molecule has 0 bridgehead atoms. The molecule has 2 aromatic rings. The highest BCUT2D eigenvalue weighted by Crippen LogP contribution is 2.20. The van der Waals surface area contributed by atoms with Gasteiger partial charge in [-0.05, 0) is 37.3 Å². The topological polar surface area (TPSA) is 26.3 Å². The Bertz CT molecular complexity index is 579. The Balaban J connectivity index is 2.09. The van der Waals surface area contributed by atoms with E-state index in [4.69, 9.17) is 4.74 Å². The number of ether oxygens (including phenoxy) is 1. The van der Waals surface area contributed by atoms with Gasteiger partial charge >= 0.3 is 0 Å². The van der Waals surface area contributed by atoms with E-state index in [9.17, 15) is 4.79 Å². The number of carbonyl (C=O) groups excluding carboxylic acids is 1. The van der Waals surface area contributed by atoms with Gasteiger partial charge in [-0.3, -0.25) is 4.79 Å². The quantitative estimate of drug-likeness (QED) is 0.704. The van der Waals surface area contributed by atoms with E-state index in [0.29, 0.717) is 11.3 Å². The summed E-state index contributed by atoms with van der Waals surface area (Å²) in [5, 5.41) is 0. The van der Waals surface area contributed by atoms with Gasteiger partial charge in [-0.25, -0.2) is 0 Å². The Morgan fingerprint density at radius 1 is 1.05 bits per heavy atom. The van der Waals surface area contributed by atoms with Crippen molar-refractivity contribution in [3.05, 3.63) is 63.0 Å². The molecule has 2 rings (SSSR count). The van der Waals surface area contributed by atoms with Crippen LogP contribution < -0.4 is 4.74 Å².